The Labute approximate surface area is 114 Å². The van der Waals surface area contributed by atoms with Crippen molar-refractivity contribution < 1.29 is 0 Å². The number of hydrogen-bond acceptors (Lipinski definition) is 3. The highest BCUT2D eigenvalue weighted by molar-refractivity contribution is 5.73. The van der Waals surface area contributed by atoms with Crippen LogP contribution in [0.1, 0.15) is 37.8 Å². The molecular formula is C16H21N3. The molecule has 1 aliphatic rings. The molecule has 1 heterocycles. The van der Waals surface area contributed by atoms with Gasteiger partial charge < -0.3 is 5.32 Å². The summed E-state index contributed by atoms with van der Waals surface area (Å²) in [6.45, 7) is 1.95. The number of nitrogens with one attached hydrogen (secondary N) is 1. The summed E-state index contributed by atoms with van der Waals surface area (Å²) in [5.74, 6) is 0.863. The van der Waals surface area contributed by atoms with Gasteiger partial charge in [0.05, 0.1) is 22.9 Å². The van der Waals surface area contributed by atoms with Gasteiger partial charge in [-0.1, -0.05) is 31.4 Å². The second-order valence-electron chi connectivity index (χ2n) is 5.48. The van der Waals surface area contributed by atoms with Crippen molar-refractivity contribution in [2.24, 2.45) is 5.92 Å². The molecule has 1 fully saturated rings. The molecule has 19 heavy (non-hydrogen) atoms. The van der Waals surface area contributed by atoms with Gasteiger partial charge in [-0.2, -0.15) is 0 Å². The summed E-state index contributed by atoms with van der Waals surface area (Å²) in [5.41, 5.74) is 2.99. The Bertz CT molecular complexity index is 532. The van der Waals surface area contributed by atoms with E-state index in [1.54, 1.807) is 0 Å². The van der Waals surface area contributed by atoms with E-state index in [4.69, 9.17) is 0 Å². The van der Waals surface area contributed by atoms with Gasteiger partial charge in [-0.3, -0.25) is 4.98 Å². The maximum atomic E-state index is 4.63. The van der Waals surface area contributed by atoms with Gasteiger partial charge in [0, 0.05) is 6.54 Å². The second-order valence-corrected chi connectivity index (χ2v) is 5.48. The van der Waals surface area contributed by atoms with Crippen LogP contribution in [0.15, 0.2) is 30.5 Å². The van der Waals surface area contributed by atoms with Crippen LogP contribution in [0.4, 0.5) is 0 Å². The van der Waals surface area contributed by atoms with E-state index in [-0.39, 0.29) is 0 Å². The van der Waals surface area contributed by atoms with Crippen molar-refractivity contribution in [3.63, 3.8) is 0 Å². The van der Waals surface area contributed by atoms with Gasteiger partial charge in [-0.15, -0.1) is 0 Å². The third-order valence-corrected chi connectivity index (χ3v) is 3.96. The molecule has 0 atom stereocenters. The van der Waals surface area contributed by atoms with Crippen LogP contribution >= 0.6 is 0 Å². The van der Waals surface area contributed by atoms with E-state index in [2.05, 4.69) is 15.3 Å². The van der Waals surface area contributed by atoms with Crippen molar-refractivity contribution >= 4 is 11.0 Å². The zero-order valence-electron chi connectivity index (χ0n) is 11.3. The Morgan fingerprint density at radius 3 is 2.68 bits per heavy atom. The Hall–Kier alpha value is -1.48. The number of benzene rings is 1. The highest BCUT2D eigenvalue weighted by Crippen LogP contribution is 2.22. The molecule has 0 aliphatic heterocycles. The summed E-state index contributed by atoms with van der Waals surface area (Å²) in [6, 6.07) is 8.03. The zero-order chi connectivity index (χ0) is 12.9. The molecule has 0 amide bonds. The van der Waals surface area contributed by atoms with Gasteiger partial charge in [0.15, 0.2) is 0 Å². The summed E-state index contributed by atoms with van der Waals surface area (Å²) >= 11 is 0. The lowest BCUT2D eigenvalue weighted by Crippen LogP contribution is -2.24. The smallest absolute Gasteiger partial charge is 0.0890 e. The number of para-hydroxylation sites is 2. The molecule has 1 aromatic heterocycles. The highest BCUT2D eigenvalue weighted by atomic mass is 14.9. The first kappa shape index (κ1) is 12.5. The van der Waals surface area contributed by atoms with Crippen LogP contribution in [0.2, 0.25) is 0 Å². The minimum absolute atomic E-state index is 0.828. The standard InChI is InChI=1S/C16H21N3/c1-2-6-13(7-3-1)10-17-11-14-12-18-15-8-4-5-9-16(15)19-14/h4-5,8-9,12-13,17H,1-3,6-7,10-11H2. The van der Waals surface area contributed by atoms with Crippen molar-refractivity contribution in [1.29, 1.82) is 0 Å². The summed E-state index contributed by atoms with van der Waals surface area (Å²) in [6.07, 6.45) is 8.89. The number of hydrogen-bond donors (Lipinski definition) is 1. The van der Waals surface area contributed by atoms with E-state index in [1.807, 2.05) is 30.5 Å². The monoisotopic (exact) mass is 255 g/mol. The average Bonchev–Trinajstić information content (AvgIpc) is 2.48. The zero-order valence-corrected chi connectivity index (χ0v) is 11.3. The van der Waals surface area contributed by atoms with Gasteiger partial charge >= 0.3 is 0 Å². The first-order chi connectivity index (χ1) is 9.42. The molecule has 0 unspecified atom stereocenters. The van der Waals surface area contributed by atoms with Crippen LogP contribution in [-0.2, 0) is 6.54 Å². The molecule has 0 spiro atoms. The van der Waals surface area contributed by atoms with Crippen molar-refractivity contribution in [2.75, 3.05) is 6.54 Å². The summed E-state index contributed by atoms with van der Waals surface area (Å²) in [4.78, 5) is 9.08. The molecule has 3 nitrogen and oxygen atoms in total. The number of nitrogens with zero attached hydrogens (tertiary/aromatic N) is 2. The number of aromatic nitrogens is 2. The summed E-state index contributed by atoms with van der Waals surface area (Å²) < 4.78 is 0. The van der Waals surface area contributed by atoms with E-state index in [0.29, 0.717) is 0 Å². The third-order valence-electron chi connectivity index (χ3n) is 3.96. The Morgan fingerprint density at radius 1 is 1.05 bits per heavy atom. The molecular weight excluding hydrogens is 234 g/mol. The minimum atomic E-state index is 0.828. The largest absolute Gasteiger partial charge is 0.311 e. The van der Waals surface area contributed by atoms with Crippen LogP contribution in [0.25, 0.3) is 11.0 Å². The van der Waals surface area contributed by atoms with Gasteiger partial charge in [-0.25, -0.2) is 4.98 Å². The van der Waals surface area contributed by atoms with E-state index in [9.17, 15) is 0 Å². The highest BCUT2D eigenvalue weighted by Gasteiger charge is 2.12. The first-order valence-corrected chi connectivity index (χ1v) is 7.33. The Balaban J connectivity index is 1.56. The maximum absolute atomic E-state index is 4.63. The van der Waals surface area contributed by atoms with E-state index < -0.39 is 0 Å². The fourth-order valence-electron chi connectivity index (χ4n) is 2.88. The maximum Gasteiger partial charge on any atom is 0.0890 e. The Kier molecular flexibility index (Phi) is 4.04. The SMILES string of the molecule is c1ccc2nc(CNCC3CCCCC3)cnc2c1. The molecule has 1 N–H and O–H groups in total. The van der Waals surface area contributed by atoms with Crippen LogP contribution in [-0.4, -0.2) is 16.5 Å². The van der Waals surface area contributed by atoms with Gasteiger partial charge in [0.1, 0.15) is 0 Å². The third kappa shape index (κ3) is 3.29. The molecule has 0 radical (unpaired) electrons. The molecule has 3 heteroatoms. The quantitative estimate of drug-likeness (QED) is 0.911. The second kappa shape index (κ2) is 6.11. The number of fused-ring (bicyclic) bond motifs is 1. The lowest BCUT2D eigenvalue weighted by molar-refractivity contribution is 0.341. The lowest BCUT2D eigenvalue weighted by Gasteiger charge is -2.21. The van der Waals surface area contributed by atoms with Crippen molar-refractivity contribution in [3.05, 3.63) is 36.2 Å². The molecule has 1 aromatic carbocycles. The normalized spacial score (nSPS) is 16.8. The van der Waals surface area contributed by atoms with Crippen LogP contribution in [0.3, 0.4) is 0 Å². The average molecular weight is 255 g/mol. The van der Waals surface area contributed by atoms with Crippen LogP contribution in [0, 0.1) is 5.92 Å². The minimum Gasteiger partial charge on any atom is -0.311 e. The fourth-order valence-corrected chi connectivity index (χ4v) is 2.88. The fraction of sp³-hybridized carbons (Fsp3) is 0.500. The molecule has 1 aliphatic carbocycles. The number of rotatable bonds is 4. The van der Waals surface area contributed by atoms with E-state index >= 15 is 0 Å². The Morgan fingerprint density at radius 2 is 1.84 bits per heavy atom. The van der Waals surface area contributed by atoms with Crippen molar-refractivity contribution in [1.82, 2.24) is 15.3 Å². The van der Waals surface area contributed by atoms with E-state index in [1.165, 1.54) is 32.1 Å². The molecule has 0 bridgehead atoms. The summed E-state index contributed by atoms with van der Waals surface area (Å²) in [7, 11) is 0. The predicted octanol–water partition coefficient (Wildman–Crippen LogP) is 3.30. The molecule has 3 rings (SSSR count). The van der Waals surface area contributed by atoms with Crippen LogP contribution in [0.5, 0.6) is 0 Å². The first-order valence-electron chi connectivity index (χ1n) is 7.33. The lowest BCUT2D eigenvalue weighted by atomic mass is 9.89. The van der Waals surface area contributed by atoms with E-state index in [0.717, 1.165) is 35.7 Å². The summed E-state index contributed by atoms with van der Waals surface area (Å²) in [5, 5.41) is 3.53. The van der Waals surface area contributed by atoms with Crippen molar-refractivity contribution in [2.45, 2.75) is 38.6 Å². The topological polar surface area (TPSA) is 37.8 Å². The molecule has 2 aromatic rings. The predicted molar refractivity (Wildman–Crippen MR) is 77.8 cm³/mol. The molecule has 100 valence electrons. The van der Waals surface area contributed by atoms with Crippen LogP contribution < -0.4 is 5.32 Å². The van der Waals surface area contributed by atoms with Crippen molar-refractivity contribution in [3.8, 4) is 0 Å². The molecule has 1 saturated carbocycles. The molecule has 0 saturated heterocycles. The van der Waals surface area contributed by atoms with Gasteiger partial charge in [-0.05, 0) is 37.4 Å². The van der Waals surface area contributed by atoms with Gasteiger partial charge in [0.2, 0.25) is 0 Å². The van der Waals surface area contributed by atoms with Gasteiger partial charge in [0.25, 0.3) is 0 Å².